The molecule has 0 saturated carbocycles. The zero-order valence-electron chi connectivity index (χ0n) is 9.31. The van der Waals surface area contributed by atoms with Gasteiger partial charge in [-0.1, -0.05) is 0 Å². The van der Waals surface area contributed by atoms with Crippen LogP contribution < -0.4 is 5.73 Å². The molecule has 0 bridgehead atoms. The number of nitrogens with two attached hydrogens (primary N) is 1. The third kappa shape index (κ3) is 9.34. The van der Waals surface area contributed by atoms with Crippen LogP contribution in [0.25, 0.3) is 0 Å². The first-order chi connectivity index (χ1) is 5.60. The van der Waals surface area contributed by atoms with E-state index < -0.39 is 5.60 Å². The van der Waals surface area contributed by atoms with Crippen LogP contribution in [-0.4, -0.2) is 17.1 Å². The first kappa shape index (κ1) is 12.4. The Balaban J connectivity index is 3.78. The Kier molecular flexibility index (Phi) is 3.91. The third-order valence-corrected chi connectivity index (χ3v) is 1.39. The van der Waals surface area contributed by atoms with Crippen LogP contribution in [-0.2, 0) is 9.53 Å². The van der Waals surface area contributed by atoms with Crippen molar-refractivity contribution < 1.29 is 9.53 Å². The van der Waals surface area contributed by atoms with Crippen LogP contribution in [0.4, 0.5) is 0 Å². The molecule has 0 aliphatic heterocycles. The fourth-order valence-corrected chi connectivity index (χ4v) is 0.817. The van der Waals surface area contributed by atoms with E-state index in [9.17, 15) is 4.79 Å². The molecular weight excluding hydrogens is 166 g/mol. The zero-order chi connectivity index (χ0) is 10.7. The second-order valence-corrected chi connectivity index (χ2v) is 5.08. The van der Waals surface area contributed by atoms with E-state index in [1.165, 1.54) is 0 Å². The minimum Gasteiger partial charge on any atom is -0.460 e. The van der Waals surface area contributed by atoms with Crippen LogP contribution in [0.3, 0.4) is 0 Å². The van der Waals surface area contributed by atoms with Gasteiger partial charge in [-0.3, -0.25) is 4.79 Å². The number of hydrogen-bond acceptors (Lipinski definition) is 3. The summed E-state index contributed by atoms with van der Waals surface area (Å²) >= 11 is 0. The average Bonchev–Trinajstić information content (AvgIpc) is 1.78. The molecule has 0 aliphatic carbocycles. The molecule has 78 valence electrons. The molecule has 0 aliphatic rings. The summed E-state index contributed by atoms with van der Waals surface area (Å²) in [6, 6.07) is 0. The van der Waals surface area contributed by atoms with E-state index in [1.807, 2.05) is 34.6 Å². The van der Waals surface area contributed by atoms with Gasteiger partial charge >= 0.3 is 5.97 Å². The monoisotopic (exact) mass is 187 g/mol. The Labute approximate surface area is 80.6 Å². The molecule has 3 heteroatoms. The van der Waals surface area contributed by atoms with Gasteiger partial charge in [0.15, 0.2) is 0 Å². The van der Waals surface area contributed by atoms with Crippen molar-refractivity contribution in [2.75, 3.05) is 0 Å². The molecule has 13 heavy (non-hydrogen) atoms. The van der Waals surface area contributed by atoms with Gasteiger partial charge in [-0.05, 0) is 41.0 Å². The quantitative estimate of drug-likeness (QED) is 0.686. The van der Waals surface area contributed by atoms with Crippen molar-refractivity contribution in [3.63, 3.8) is 0 Å². The summed E-state index contributed by atoms with van der Waals surface area (Å²) in [6.45, 7) is 9.38. The predicted octanol–water partition coefficient (Wildman–Crippen LogP) is 1.85. The largest absolute Gasteiger partial charge is 0.460 e. The van der Waals surface area contributed by atoms with E-state index in [0.29, 0.717) is 12.8 Å². The lowest BCUT2D eigenvalue weighted by atomic mass is 10.0. The summed E-state index contributed by atoms with van der Waals surface area (Å²) in [5.74, 6) is -0.175. The minimum atomic E-state index is -0.393. The van der Waals surface area contributed by atoms with E-state index in [0.717, 1.165) is 0 Å². The minimum absolute atomic E-state index is 0.175. The molecule has 0 fully saturated rings. The lowest BCUT2D eigenvalue weighted by Gasteiger charge is -2.22. The first-order valence-corrected chi connectivity index (χ1v) is 4.61. The average molecular weight is 187 g/mol. The van der Waals surface area contributed by atoms with Crippen LogP contribution in [0.1, 0.15) is 47.5 Å². The van der Waals surface area contributed by atoms with Gasteiger partial charge < -0.3 is 10.5 Å². The highest BCUT2D eigenvalue weighted by molar-refractivity contribution is 5.69. The molecule has 2 N–H and O–H groups in total. The standard InChI is InChI=1S/C10H21NO2/c1-9(2,3)13-8(12)6-7-10(4,5)11/h6-7,11H2,1-5H3. The predicted molar refractivity (Wildman–Crippen MR) is 53.3 cm³/mol. The molecule has 0 spiro atoms. The zero-order valence-corrected chi connectivity index (χ0v) is 9.31. The number of hydrogen-bond donors (Lipinski definition) is 1. The lowest BCUT2D eigenvalue weighted by Crippen LogP contribution is -2.33. The highest BCUT2D eigenvalue weighted by Gasteiger charge is 2.18. The third-order valence-electron chi connectivity index (χ3n) is 1.39. The number of carbonyl (C=O) groups is 1. The van der Waals surface area contributed by atoms with Crippen molar-refractivity contribution in [3.05, 3.63) is 0 Å². The SMILES string of the molecule is CC(C)(N)CCC(=O)OC(C)(C)C. The van der Waals surface area contributed by atoms with Crippen molar-refractivity contribution in [1.82, 2.24) is 0 Å². The summed E-state index contributed by atoms with van der Waals surface area (Å²) in [7, 11) is 0. The van der Waals surface area contributed by atoms with Gasteiger partial charge in [0.1, 0.15) is 5.60 Å². The Morgan fingerprint density at radius 2 is 1.69 bits per heavy atom. The summed E-state index contributed by atoms with van der Waals surface area (Å²) in [5, 5.41) is 0. The van der Waals surface area contributed by atoms with Gasteiger partial charge in [0.05, 0.1) is 0 Å². The fourth-order valence-electron chi connectivity index (χ4n) is 0.817. The van der Waals surface area contributed by atoms with E-state index >= 15 is 0 Å². The van der Waals surface area contributed by atoms with Gasteiger partial charge in [0, 0.05) is 12.0 Å². The molecule has 3 nitrogen and oxygen atoms in total. The van der Waals surface area contributed by atoms with E-state index in [-0.39, 0.29) is 11.5 Å². The summed E-state index contributed by atoms with van der Waals surface area (Å²) in [6.07, 6.45) is 1.04. The lowest BCUT2D eigenvalue weighted by molar-refractivity contribution is -0.155. The van der Waals surface area contributed by atoms with Crippen LogP contribution in [0, 0.1) is 0 Å². The van der Waals surface area contributed by atoms with E-state index in [4.69, 9.17) is 10.5 Å². The van der Waals surface area contributed by atoms with E-state index in [2.05, 4.69) is 0 Å². The first-order valence-electron chi connectivity index (χ1n) is 4.61. The molecule has 0 saturated heterocycles. The topological polar surface area (TPSA) is 52.3 Å². The molecule has 0 amide bonds. The molecule has 0 aromatic carbocycles. The molecule has 0 heterocycles. The highest BCUT2D eigenvalue weighted by atomic mass is 16.6. The van der Waals surface area contributed by atoms with Gasteiger partial charge in [-0.25, -0.2) is 0 Å². The normalized spacial score (nSPS) is 12.8. The molecular formula is C10H21NO2. The number of ether oxygens (including phenoxy) is 1. The Hall–Kier alpha value is -0.570. The summed E-state index contributed by atoms with van der Waals surface area (Å²) < 4.78 is 5.14. The van der Waals surface area contributed by atoms with Gasteiger partial charge in [-0.15, -0.1) is 0 Å². The van der Waals surface area contributed by atoms with Crippen molar-refractivity contribution in [2.45, 2.75) is 58.6 Å². The molecule has 0 aromatic rings. The van der Waals surface area contributed by atoms with Crippen molar-refractivity contribution in [2.24, 2.45) is 5.73 Å². The van der Waals surface area contributed by atoms with Crippen molar-refractivity contribution in [1.29, 1.82) is 0 Å². The van der Waals surface area contributed by atoms with Crippen LogP contribution in [0.15, 0.2) is 0 Å². The van der Waals surface area contributed by atoms with Gasteiger partial charge in [0.2, 0.25) is 0 Å². The highest BCUT2D eigenvalue weighted by Crippen LogP contribution is 2.12. The maximum absolute atomic E-state index is 11.2. The van der Waals surface area contributed by atoms with E-state index in [1.54, 1.807) is 0 Å². The molecule has 0 aromatic heterocycles. The summed E-state index contributed by atoms with van der Waals surface area (Å²) in [4.78, 5) is 11.2. The maximum atomic E-state index is 11.2. The number of carbonyl (C=O) groups excluding carboxylic acids is 1. The molecule has 0 unspecified atom stereocenters. The van der Waals surface area contributed by atoms with Crippen LogP contribution in [0.2, 0.25) is 0 Å². The van der Waals surface area contributed by atoms with Crippen LogP contribution >= 0.6 is 0 Å². The molecule has 0 radical (unpaired) electrons. The van der Waals surface area contributed by atoms with Gasteiger partial charge in [0.25, 0.3) is 0 Å². The second kappa shape index (κ2) is 4.09. The number of esters is 1. The molecule has 0 rings (SSSR count). The fraction of sp³-hybridized carbons (Fsp3) is 0.900. The smallest absolute Gasteiger partial charge is 0.306 e. The Morgan fingerprint density at radius 3 is 2.00 bits per heavy atom. The Bertz CT molecular complexity index is 174. The van der Waals surface area contributed by atoms with Crippen LogP contribution in [0.5, 0.6) is 0 Å². The second-order valence-electron chi connectivity index (χ2n) is 5.08. The van der Waals surface area contributed by atoms with Crippen molar-refractivity contribution >= 4 is 5.97 Å². The van der Waals surface area contributed by atoms with Crippen molar-refractivity contribution in [3.8, 4) is 0 Å². The van der Waals surface area contributed by atoms with Gasteiger partial charge in [-0.2, -0.15) is 0 Å². The Morgan fingerprint density at radius 1 is 1.23 bits per heavy atom. The number of rotatable bonds is 3. The summed E-state index contributed by atoms with van der Waals surface area (Å²) in [5.41, 5.74) is 5.05. The maximum Gasteiger partial charge on any atom is 0.306 e. The molecule has 0 atom stereocenters.